The molecule has 0 amide bonds. The first-order valence-corrected chi connectivity index (χ1v) is 16.4. The molecule has 0 radical (unpaired) electrons. The Balaban J connectivity index is 1.89. The second-order valence-corrected chi connectivity index (χ2v) is 13.9. The number of esters is 5. The van der Waals surface area contributed by atoms with Crippen LogP contribution in [0.25, 0.3) is 0 Å². The highest BCUT2D eigenvalue weighted by Gasteiger charge is 2.77. The van der Waals surface area contributed by atoms with E-state index in [-0.39, 0.29) is 49.3 Å². The fourth-order valence-corrected chi connectivity index (χ4v) is 7.93. The van der Waals surface area contributed by atoms with Crippen molar-refractivity contribution in [3.63, 3.8) is 0 Å². The summed E-state index contributed by atoms with van der Waals surface area (Å²) in [6.45, 7) is 14.5. The Morgan fingerprint density at radius 3 is 2.20 bits per heavy atom. The van der Waals surface area contributed by atoms with Crippen molar-refractivity contribution in [2.24, 2.45) is 34.5 Å². The molecular weight excluding hydrogens is 584 g/mol. The molecule has 1 saturated heterocycles. The summed E-state index contributed by atoms with van der Waals surface area (Å²) in [6.07, 6.45) is 2.11. The van der Waals surface area contributed by atoms with Gasteiger partial charge in [-0.25, -0.2) is 4.79 Å². The van der Waals surface area contributed by atoms with Gasteiger partial charge in [0.25, 0.3) is 0 Å². The maximum absolute atomic E-state index is 13.4. The van der Waals surface area contributed by atoms with Crippen molar-refractivity contribution < 1.29 is 52.4 Å². The normalized spacial score (nSPS) is 35.6. The Morgan fingerprint density at radius 1 is 1.02 bits per heavy atom. The summed E-state index contributed by atoms with van der Waals surface area (Å²) in [6, 6.07) is 0. The quantitative estimate of drug-likeness (QED) is 0.170. The predicted molar refractivity (Wildman–Crippen MR) is 160 cm³/mol. The second-order valence-electron chi connectivity index (χ2n) is 13.9. The van der Waals surface area contributed by atoms with Crippen molar-refractivity contribution >= 4 is 29.8 Å². The first kappa shape index (κ1) is 34.9. The van der Waals surface area contributed by atoms with E-state index in [1.807, 2.05) is 27.7 Å². The van der Waals surface area contributed by atoms with Gasteiger partial charge in [0.05, 0.1) is 23.9 Å². The van der Waals surface area contributed by atoms with Crippen molar-refractivity contribution in [1.29, 1.82) is 0 Å². The van der Waals surface area contributed by atoms with Gasteiger partial charge in [0.15, 0.2) is 0 Å². The molecular formula is C34H50O11. The Morgan fingerprint density at radius 2 is 1.67 bits per heavy atom. The predicted octanol–water partition coefficient (Wildman–Crippen LogP) is 4.48. The van der Waals surface area contributed by atoms with Crippen molar-refractivity contribution in [1.82, 2.24) is 0 Å². The number of fused-ring (bicyclic) bond motifs is 2. The van der Waals surface area contributed by atoms with Crippen molar-refractivity contribution in [2.75, 3.05) is 19.8 Å². The molecule has 10 atom stereocenters. The number of ether oxygens (including phenoxy) is 6. The fourth-order valence-electron chi connectivity index (χ4n) is 7.93. The molecule has 1 spiro atoms. The minimum absolute atomic E-state index is 0.000550. The average molecular weight is 635 g/mol. The summed E-state index contributed by atoms with van der Waals surface area (Å²) in [5, 5.41) is 0. The first-order valence-electron chi connectivity index (χ1n) is 16.4. The van der Waals surface area contributed by atoms with Gasteiger partial charge in [-0.15, -0.1) is 0 Å². The SMILES string of the molecule is CC[C@@H](C)C(=O)O[C@@H](C[C@@]1(C)[C@H](C)C[C@H](OC(C)=O)[C@]2(COC(C)=O)[C@@H]1[C@H](OC(=O)[C@H](C)CC)CC[C@]21CO1)C1=CC(=O)OC1. The van der Waals surface area contributed by atoms with Gasteiger partial charge < -0.3 is 28.4 Å². The van der Waals surface area contributed by atoms with Crippen LogP contribution in [-0.4, -0.2) is 73.6 Å². The molecule has 2 aliphatic heterocycles. The largest absolute Gasteiger partial charge is 0.465 e. The van der Waals surface area contributed by atoms with Gasteiger partial charge in [-0.1, -0.05) is 41.5 Å². The van der Waals surface area contributed by atoms with Crippen LogP contribution in [0.15, 0.2) is 11.6 Å². The zero-order valence-electron chi connectivity index (χ0n) is 28.0. The number of hydrogen-bond donors (Lipinski definition) is 0. The van der Waals surface area contributed by atoms with E-state index in [0.29, 0.717) is 44.3 Å². The van der Waals surface area contributed by atoms with Gasteiger partial charge >= 0.3 is 29.8 Å². The minimum atomic E-state index is -1.06. The van der Waals surface area contributed by atoms with E-state index >= 15 is 0 Å². The van der Waals surface area contributed by atoms with E-state index in [9.17, 15) is 24.0 Å². The molecule has 0 bridgehead atoms. The summed E-state index contributed by atoms with van der Waals surface area (Å²) < 4.78 is 35.9. The number of carbonyl (C=O) groups is 5. The molecule has 0 unspecified atom stereocenters. The van der Waals surface area contributed by atoms with Gasteiger partial charge in [-0.2, -0.15) is 0 Å². The van der Waals surface area contributed by atoms with E-state index in [0.717, 1.165) is 0 Å². The van der Waals surface area contributed by atoms with Crippen LogP contribution in [0.4, 0.5) is 0 Å². The van der Waals surface area contributed by atoms with Crippen LogP contribution < -0.4 is 0 Å². The Hall–Kier alpha value is -2.95. The van der Waals surface area contributed by atoms with Crippen LogP contribution >= 0.6 is 0 Å². The molecule has 2 saturated carbocycles. The summed E-state index contributed by atoms with van der Waals surface area (Å²) in [5.41, 5.74) is -2.03. The standard InChI is InChI=1S/C34H50O11/c1-9-19(3)30(38)44-25-11-12-33(17-42-33)34(18-41-22(6)35)27(43-23(7)36)13-21(5)32(8,29(25)34)15-26(24-14-28(37)40-16-24)45-31(39)20(4)10-2/h14,19-21,25-27,29H,9-13,15-18H2,1-8H3/t19-,20-,21-,25-,26+,27+,29-,32+,33+,34-/m1/s1. The van der Waals surface area contributed by atoms with E-state index in [1.165, 1.54) is 19.9 Å². The number of carbonyl (C=O) groups excluding carboxylic acids is 5. The van der Waals surface area contributed by atoms with Crippen molar-refractivity contribution in [3.8, 4) is 0 Å². The summed E-state index contributed by atoms with van der Waals surface area (Å²) in [7, 11) is 0. The number of hydrogen-bond acceptors (Lipinski definition) is 11. The fraction of sp³-hybridized carbons (Fsp3) is 0.794. The highest BCUT2D eigenvalue weighted by molar-refractivity contribution is 5.85. The minimum Gasteiger partial charge on any atom is -0.465 e. The molecule has 4 rings (SSSR count). The number of epoxide rings is 1. The molecule has 0 aromatic carbocycles. The maximum Gasteiger partial charge on any atom is 0.331 e. The maximum atomic E-state index is 13.4. The third kappa shape index (κ3) is 6.65. The molecule has 45 heavy (non-hydrogen) atoms. The van der Waals surface area contributed by atoms with Gasteiger partial charge in [0, 0.05) is 31.4 Å². The highest BCUT2D eigenvalue weighted by atomic mass is 16.6. The third-order valence-corrected chi connectivity index (χ3v) is 11.2. The van der Waals surface area contributed by atoms with Crippen LogP contribution in [0, 0.1) is 34.5 Å². The van der Waals surface area contributed by atoms with Crippen LogP contribution in [0.1, 0.15) is 93.9 Å². The molecule has 11 heteroatoms. The lowest BCUT2D eigenvalue weighted by atomic mass is 9.42. The molecule has 0 aromatic rings. The molecule has 3 fully saturated rings. The monoisotopic (exact) mass is 634 g/mol. The molecule has 4 aliphatic rings. The Kier molecular flexibility index (Phi) is 10.4. The van der Waals surface area contributed by atoms with E-state index in [2.05, 4.69) is 6.92 Å². The molecule has 252 valence electrons. The third-order valence-electron chi connectivity index (χ3n) is 11.2. The van der Waals surface area contributed by atoms with Gasteiger partial charge in [0.1, 0.15) is 37.1 Å². The van der Waals surface area contributed by atoms with Crippen LogP contribution in [-0.2, 0) is 52.4 Å². The first-order chi connectivity index (χ1) is 21.1. The molecule has 11 nitrogen and oxygen atoms in total. The van der Waals surface area contributed by atoms with E-state index in [1.54, 1.807) is 6.92 Å². The van der Waals surface area contributed by atoms with Crippen LogP contribution in [0.2, 0.25) is 0 Å². The zero-order chi connectivity index (χ0) is 33.3. The Bertz CT molecular complexity index is 1200. The van der Waals surface area contributed by atoms with Crippen molar-refractivity contribution in [2.45, 2.75) is 118 Å². The van der Waals surface area contributed by atoms with Gasteiger partial charge in [0.2, 0.25) is 0 Å². The second kappa shape index (κ2) is 13.4. The highest BCUT2D eigenvalue weighted by Crippen LogP contribution is 2.70. The lowest BCUT2D eigenvalue weighted by molar-refractivity contribution is -0.260. The molecule has 2 aliphatic carbocycles. The van der Waals surface area contributed by atoms with Crippen LogP contribution in [0.5, 0.6) is 0 Å². The summed E-state index contributed by atoms with van der Waals surface area (Å²) in [5.74, 6) is -3.58. The van der Waals surface area contributed by atoms with Crippen molar-refractivity contribution in [3.05, 3.63) is 11.6 Å². The topological polar surface area (TPSA) is 144 Å². The summed E-state index contributed by atoms with van der Waals surface area (Å²) >= 11 is 0. The van der Waals surface area contributed by atoms with Crippen LogP contribution in [0.3, 0.4) is 0 Å². The van der Waals surface area contributed by atoms with Gasteiger partial charge in [-0.3, -0.25) is 19.2 Å². The molecule has 0 N–H and O–H groups in total. The van der Waals surface area contributed by atoms with E-state index < -0.39 is 58.6 Å². The summed E-state index contributed by atoms with van der Waals surface area (Å²) in [4.78, 5) is 63.7. The number of cyclic esters (lactones) is 1. The average Bonchev–Trinajstić information content (AvgIpc) is 3.64. The zero-order valence-corrected chi connectivity index (χ0v) is 28.0. The Labute approximate surface area is 266 Å². The molecule has 2 heterocycles. The lowest BCUT2D eigenvalue weighted by Crippen LogP contribution is -2.71. The van der Waals surface area contributed by atoms with Gasteiger partial charge in [-0.05, 0) is 49.9 Å². The van der Waals surface area contributed by atoms with E-state index in [4.69, 9.17) is 28.4 Å². The number of rotatable bonds is 12. The lowest BCUT2D eigenvalue weighted by Gasteiger charge is -2.64. The molecule has 0 aromatic heterocycles. The smallest absolute Gasteiger partial charge is 0.331 e.